The summed E-state index contributed by atoms with van der Waals surface area (Å²) < 4.78 is 1.87. The van der Waals surface area contributed by atoms with Crippen LogP contribution in [0.3, 0.4) is 0 Å². The van der Waals surface area contributed by atoms with Crippen LogP contribution in [-0.4, -0.2) is 37.6 Å². The number of anilines is 2. The maximum absolute atomic E-state index is 13.6. The van der Waals surface area contributed by atoms with Crippen LogP contribution in [0.2, 0.25) is 10.0 Å². The quantitative estimate of drug-likeness (QED) is 0.135. The number of carbonyl (C=O) groups excluding carboxylic acids is 1. The van der Waals surface area contributed by atoms with Gasteiger partial charge < -0.3 is 25.6 Å². The van der Waals surface area contributed by atoms with E-state index in [9.17, 15) is 14.7 Å². The summed E-state index contributed by atoms with van der Waals surface area (Å²) in [5.74, 6) is 0.861. The largest absolute Gasteiger partial charge is 0.478 e. The number of aromatic nitrogens is 3. The van der Waals surface area contributed by atoms with Gasteiger partial charge in [0.05, 0.1) is 5.56 Å². The molecule has 9 nitrogen and oxygen atoms in total. The lowest BCUT2D eigenvalue weighted by molar-refractivity contribution is -0.122. The molecule has 11 heteroatoms. The summed E-state index contributed by atoms with van der Waals surface area (Å²) in [7, 11) is 0. The Morgan fingerprint density at radius 1 is 0.953 bits per heavy atom. The lowest BCUT2D eigenvalue weighted by Crippen LogP contribution is -2.41. The SMILES string of the molecule is O=C(O)c1ccc(CNc2nc(N[C@H](CC3CCCCC3)C(=O)NCc3ccc(Cl)cc3Cl)cc(-n3cccc3)n2)cc1. The van der Waals surface area contributed by atoms with Crippen LogP contribution in [0.5, 0.6) is 0 Å². The average Bonchev–Trinajstić information content (AvgIpc) is 3.55. The fourth-order valence-electron chi connectivity index (χ4n) is 5.29. The molecule has 4 N–H and O–H groups in total. The molecule has 0 aliphatic heterocycles. The Hall–Kier alpha value is -4.08. The van der Waals surface area contributed by atoms with E-state index < -0.39 is 12.0 Å². The fraction of sp³-hybridized carbons (Fsp3) is 0.312. The molecule has 1 aliphatic carbocycles. The highest BCUT2D eigenvalue weighted by Crippen LogP contribution is 2.29. The molecule has 5 rings (SSSR count). The Morgan fingerprint density at radius 3 is 2.40 bits per heavy atom. The monoisotopic (exact) mass is 620 g/mol. The highest BCUT2D eigenvalue weighted by molar-refractivity contribution is 6.35. The second-order valence-corrected chi connectivity index (χ2v) is 11.6. The molecule has 0 spiro atoms. The lowest BCUT2D eigenvalue weighted by atomic mass is 9.84. The molecule has 4 aromatic rings. The number of carbonyl (C=O) groups is 2. The predicted molar refractivity (Wildman–Crippen MR) is 169 cm³/mol. The molecule has 0 bridgehead atoms. The lowest BCUT2D eigenvalue weighted by Gasteiger charge is -2.27. The Kier molecular flexibility index (Phi) is 10.2. The van der Waals surface area contributed by atoms with Crippen molar-refractivity contribution in [3.8, 4) is 5.82 Å². The van der Waals surface area contributed by atoms with Gasteiger partial charge in [0.2, 0.25) is 11.9 Å². The number of halogens is 2. The third kappa shape index (κ3) is 8.49. The second-order valence-electron chi connectivity index (χ2n) is 10.8. The van der Waals surface area contributed by atoms with Crippen LogP contribution in [0.25, 0.3) is 5.82 Å². The minimum Gasteiger partial charge on any atom is -0.478 e. The van der Waals surface area contributed by atoms with E-state index in [2.05, 4.69) is 20.9 Å². The molecule has 0 unspecified atom stereocenters. The van der Waals surface area contributed by atoms with Crippen LogP contribution in [0.15, 0.2) is 73.1 Å². The molecule has 1 amide bonds. The molecule has 1 saturated carbocycles. The van der Waals surface area contributed by atoms with Crippen molar-refractivity contribution in [3.63, 3.8) is 0 Å². The number of nitrogens with one attached hydrogen (secondary N) is 3. The van der Waals surface area contributed by atoms with Crippen LogP contribution in [-0.2, 0) is 17.9 Å². The van der Waals surface area contributed by atoms with Crippen molar-refractivity contribution in [2.24, 2.45) is 5.92 Å². The zero-order valence-corrected chi connectivity index (χ0v) is 25.1. The summed E-state index contributed by atoms with van der Waals surface area (Å²) >= 11 is 12.4. The van der Waals surface area contributed by atoms with Crippen molar-refractivity contribution in [2.45, 2.75) is 57.7 Å². The van der Waals surface area contributed by atoms with E-state index in [4.69, 9.17) is 28.2 Å². The van der Waals surface area contributed by atoms with Gasteiger partial charge in [-0.3, -0.25) is 4.79 Å². The number of carboxylic acids is 1. The van der Waals surface area contributed by atoms with Crippen LogP contribution in [0, 0.1) is 5.92 Å². The normalized spacial score (nSPS) is 14.2. The van der Waals surface area contributed by atoms with Gasteiger partial charge >= 0.3 is 5.97 Å². The fourth-order valence-corrected chi connectivity index (χ4v) is 5.77. The van der Waals surface area contributed by atoms with Crippen molar-refractivity contribution in [3.05, 3.63) is 99.8 Å². The van der Waals surface area contributed by atoms with Gasteiger partial charge in [-0.2, -0.15) is 9.97 Å². The molecule has 2 aromatic heterocycles. The van der Waals surface area contributed by atoms with E-state index in [1.165, 1.54) is 19.3 Å². The summed E-state index contributed by atoms with van der Waals surface area (Å²) in [5, 5.41) is 19.9. The number of hydrogen-bond acceptors (Lipinski definition) is 6. The first-order valence-corrected chi connectivity index (χ1v) is 15.2. The van der Waals surface area contributed by atoms with Gasteiger partial charge in [-0.25, -0.2) is 4.79 Å². The van der Waals surface area contributed by atoms with Crippen molar-refractivity contribution >= 4 is 46.8 Å². The topological polar surface area (TPSA) is 121 Å². The molecule has 224 valence electrons. The first-order valence-electron chi connectivity index (χ1n) is 14.4. The minimum absolute atomic E-state index is 0.134. The number of carboxylic acid groups (broad SMARTS) is 1. The number of rotatable bonds is 12. The molecule has 2 heterocycles. The van der Waals surface area contributed by atoms with Crippen molar-refractivity contribution < 1.29 is 14.7 Å². The van der Waals surface area contributed by atoms with Gasteiger partial charge in [-0.1, -0.05) is 73.5 Å². The molecular weight excluding hydrogens is 587 g/mol. The van der Waals surface area contributed by atoms with E-state index in [0.29, 0.717) is 46.5 Å². The van der Waals surface area contributed by atoms with Gasteiger partial charge in [0.25, 0.3) is 0 Å². The number of hydrogen-bond donors (Lipinski definition) is 4. The Bertz CT molecular complexity index is 1540. The first-order chi connectivity index (χ1) is 20.8. The number of amides is 1. The molecule has 1 atom stereocenters. The standard InChI is InChI=1S/C32H34Cl2N6O3/c33-25-13-12-24(26(34)17-25)20-35-30(41)27(16-21-6-2-1-3-7-21)37-28-18-29(40-14-4-5-15-40)39-32(38-28)36-19-22-8-10-23(11-9-22)31(42)43/h4-5,8-15,17-18,21,27H,1-3,6-7,16,19-20H2,(H,35,41)(H,42,43)(H2,36,37,38,39)/t27-/m1/s1. The molecular formula is C32H34Cl2N6O3. The van der Waals surface area contributed by atoms with Gasteiger partial charge in [-0.15, -0.1) is 0 Å². The molecule has 0 saturated heterocycles. The Balaban J connectivity index is 1.36. The van der Waals surface area contributed by atoms with E-state index in [1.807, 2.05) is 41.2 Å². The molecule has 2 aromatic carbocycles. The molecule has 43 heavy (non-hydrogen) atoms. The second kappa shape index (κ2) is 14.4. The van der Waals surface area contributed by atoms with E-state index in [0.717, 1.165) is 24.0 Å². The van der Waals surface area contributed by atoms with Crippen LogP contribution in [0.1, 0.15) is 60.0 Å². The van der Waals surface area contributed by atoms with E-state index in [1.54, 1.807) is 36.4 Å². The molecule has 1 fully saturated rings. The first kappa shape index (κ1) is 30.4. The zero-order chi connectivity index (χ0) is 30.2. The van der Waals surface area contributed by atoms with Gasteiger partial charge in [-0.05, 0) is 59.9 Å². The summed E-state index contributed by atoms with van der Waals surface area (Å²) in [5.41, 5.74) is 1.89. The molecule has 0 radical (unpaired) electrons. The summed E-state index contributed by atoms with van der Waals surface area (Å²) in [6, 6.07) is 17.0. The third-order valence-electron chi connectivity index (χ3n) is 7.63. The van der Waals surface area contributed by atoms with E-state index >= 15 is 0 Å². The van der Waals surface area contributed by atoms with Crippen LogP contribution < -0.4 is 16.0 Å². The Morgan fingerprint density at radius 2 is 1.70 bits per heavy atom. The van der Waals surface area contributed by atoms with Gasteiger partial charge in [0.15, 0.2) is 0 Å². The third-order valence-corrected chi connectivity index (χ3v) is 8.22. The number of nitrogens with zero attached hydrogens (tertiary/aromatic N) is 3. The summed E-state index contributed by atoms with van der Waals surface area (Å²) in [6.45, 7) is 0.672. The highest BCUT2D eigenvalue weighted by atomic mass is 35.5. The van der Waals surface area contributed by atoms with Gasteiger partial charge in [0, 0.05) is 41.6 Å². The van der Waals surface area contributed by atoms with Gasteiger partial charge in [0.1, 0.15) is 17.7 Å². The highest BCUT2D eigenvalue weighted by Gasteiger charge is 2.25. The van der Waals surface area contributed by atoms with Crippen molar-refractivity contribution in [2.75, 3.05) is 10.6 Å². The smallest absolute Gasteiger partial charge is 0.335 e. The predicted octanol–water partition coefficient (Wildman–Crippen LogP) is 6.95. The Labute approximate surface area is 260 Å². The minimum atomic E-state index is -0.971. The van der Waals surface area contributed by atoms with Crippen LogP contribution in [0.4, 0.5) is 11.8 Å². The maximum Gasteiger partial charge on any atom is 0.335 e. The van der Waals surface area contributed by atoms with Crippen LogP contribution >= 0.6 is 23.2 Å². The maximum atomic E-state index is 13.6. The summed E-state index contributed by atoms with van der Waals surface area (Å²) in [6.07, 6.45) is 10.2. The number of benzene rings is 2. The number of aromatic carboxylic acids is 1. The summed E-state index contributed by atoms with van der Waals surface area (Å²) in [4.78, 5) is 34.2. The van der Waals surface area contributed by atoms with Crippen molar-refractivity contribution in [1.29, 1.82) is 0 Å². The zero-order valence-electron chi connectivity index (χ0n) is 23.6. The average molecular weight is 622 g/mol. The van der Waals surface area contributed by atoms with Crippen molar-refractivity contribution in [1.82, 2.24) is 19.9 Å². The molecule has 1 aliphatic rings. The van der Waals surface area contributed by atoms with E-state index in [-0.39, 0.29) is 18.0 Å².